The number of hydrogen-bond acceptors (Lipinski definition) is 7. The summed E-state index contributed by atoms with van der Waals surface area (Å²) in [6, 6.07) is 15.2. The largest absolute Gasteiger partial charge is 0.398 e. The van der Waals surface area contributed by atoms with Gasteiger partial charge in [0.25, 0.3) is 0 Å². The first-order chi connectivity index (χ1) is 14.0. The molecule has 0 unspecified atom stereocenters. The number of anilines is 1. The summed E-state index contributed by atoms with van der Waals surface area (Å²) >= 11 is 0. The molecular weight excluding hydrogens is 374 g/mol. The highest BCUT2D eigenvalue weighted by Gasteiger charge is 2.17. The summed E-state index contributed by atoms with van der Waals surface area (Å²) in [7, 11) is 0. The van der Waals surface area contributed by atoms with Crippen molar-refractivity contribution in [1.82, 2.24) is 9.97 Å². The lowest BCUT2D eigenvalue weighted by Gasteiger charge is -2.14. The number of nitrogen functional groups attached to an aromatic ring is 1. The third kappa shape index (κ3) is 3.21. The summed E-state index contributed by atoms with van der Waals surface area (Å²) in [5.41, 5.74) is 9.62. The van der Waals surface area contributed by atoms with E-state index >= 15 is 0 Å². The fraction of sp³-hybridized carbons (Fsp3) is 0. The zero-order valence-electron chi connectivity index (χ0n) is 14.9. The Morgan fingerprint density at radius 1 is 0.759 bits per heavy atom. The van der Waals surface area contributed by atoms with Gasteiger partial charge in [-0.15, -0.1) is 0 Å². The molecule has 142 valence electrons. The van der Waals surface area contributed by atoms with E-state index in [4.69, 9.17) is 5.73 Å². The standard InChI is InChI=1S/C20H13N5O4/c21-17-9-16(12-5-7-18(22-10-12)24(26)27)14-3-1-2-4-15(14)20(17)13-6-8-19(23-11-13)25(28)29/h1-11H,21H2. The van der Waals surface area contributed by atoms with Crippen molar-refractivity contribution in [2.45, 2.75) is 0 Å². The first kappa shape index (κ1) is 18.0. The van der Waals surface area contributed by atoms with Crippen molar-refractivity contribution >= 4 is 28.1 Å². The van der Waals surface area contributed by atoms with Crippen molar-refractivity contribution in [2.24, 2.45) is 0 Å². The van der Waals surface area contributed by atoms with Crippen LogP contribution < -0.4 is 5.73 Å². The van der Waals surface area contributed by atoms with E-state index in [0.717, 1.165) is 16.3 Å². The lowest BCUT2D eigenvalue weighted by atomic mass is 9.91. The van der Waals surface area contributed by atoms with Gasteiger partial charge in [-0.25, -0.2) is 0 Å². The smallest absolute Gasteiger partial charge is 0.363 e. The average Bonchev–Trinajstić information content (AvgIpc) is 2.73. The summed E-state index contributed by atoms with van der Waals surface area (Å²) in [5.74, 6) is -0.482. The Balaban J connectivity index is 1.91. The molecule has 0 fully saturated rings. The van der Waals surface area contributed by atoms with Gasteiger partial charge < -0.3 is 26.0 Å². The minimum absolute atomic E-state index is 0.236. The zero-order valence-corrected chi connectivity index (χ0v) is 14.9. The summed E-state index contributed by atoms with van der Waals surface area (Å²) in [6.45, 7) is 0. The van der Waals surface area contributed by atoms with Crippen LogP contribution in [0.5, 0.6) is 0 Å². The maximum Gasteiger partial charge on any atom is 0.363 e. The molecule has 0 radical (unpaired) electrons. The topological polar surface area (TPSA) is 138 Å². The molecule has 9 nitrogen and oxygen atoms in total. The lowest BCUT2D eigenvalue weighted by Crippen LogP contribution is -1.97. The van der Waals surface area contributed by atoms with Gasteiger partial charge in [-0.2, -0.15) is 0 Å². The first-order valence-corrected chi connectivity index (χ1v) is 8.48. The monoisotopic (exact) mass is 387 g/mol. The van der Waals surface area contributed by atoms with Gasteiger partial charge in [-0.3, -0.25) is 0 Å². The van der Waals surface area contributed by atoms with E-state index in [-0.39, 0.29) is 11.6 Å². The van der Waals surface area contributed by atoms with E-state index in [0.29, 0.717) is 22.4 Å². The molecule has 2 aromatic carbocycles. The first-order valence-electron chi connectivity index (χ1n) is 8.48. The Bertz CT molecular complexity index is 1250. The van der Waals surface area contributed by atoms with E-state index in [1.54, 1.807) is 18.2 Å². The van der Waals surface area contributed by atoms with Crippen LogP contribution in [0.4, 0.5) is 17.3 Å². The van der Waals surface area contributed by atoms with Crippen molar-refractivity contribution in [2.75, 3.05) is 5.73 Å². The maximum absolute atomic E-state index is 10.9. The number of hydrogen-bond donors (Lipinski definition) is 1. The van der Waals surface area contributed by atoms with Crippen molar-refractivity contribution in [3.63, 3.8) is 0 Å². The average molecular weight is 387 g/mol. The highest BCUT2D eigenvalue weighted by Crippen LogP contribution is 2.40. The van der Waals surface area contributed by atoms with Crippen LogP contribution >= 0.6 is 0 Å². The van der Waals surface area contributed by atoms with Gasteiger partial charge in [0.2, 0.25) is 0 Å². The number of pyridine rings is 2. The van der Waals surface area contributed by atoms with Crippen LogP contribution in [0, 0.1) is 20.2 Å². The van der Waals surface area contributed by atoms with Crippen LogP contribution in [0.3, 0.4) is 0 Å². The van der Waals surface area contributed by atoms with Gasteiger partial charge in [-0.05, 0) is 54.3 Å². The SMILES string of the molecule is Nc1cc(-c2ccc([N+](=O)[O-])nc2)c2ccccc2c1-c1ccc([N+](=O)[O-])nc1. The summed E-state index contributed by atoms with van der Waals surface area (Å²) < 4.78 is 0. The second kappa shape index (κ2) is 6.97. The molecule has 0 saturated heterocycles. The maximum atomic E-state index is 10.9. The lowest BCUT2D eigenvalue weighted by molar-refractivity contribution is -0.389. The molecule has 4 rings (SSSR count). The Kier molecular flexibility index (Phi) is 4.32. The van der Waals surface area contributed by atoms with E-state index in [2.05, 4.69) is 9.97 Å². The number of rotatable bonds is 4. The van der Waals surface area contributed by atoms with Crippen LogP contribution in [0.2, 0.25) is 0 Å². The molecule has 0 spiro atoms. The summed E-state index contributed by atoms with van der Waals surface area (Å²) in [5, 5.41) is 23.4. The zero-order chi connectivity index (χ0) is 20.5. The van der Waals surface area contributed by atoms with Gasteiger partial charge >= 0.3 is 11.6 Å². The molecule has 2 aromatic heterocycles. The third-order valence-electron chi connectivity index (χ3n) is 4.54. The number of benzene rings is 2. The molecule has 2 heterocycles. The van der Waals surface area contributed by atoms with Crippen LogP contribution in [-0.4, -0.2) is 19.8 Å². The fourth-order valence-corrected chi connectivity index (χ4v) is 3.25. The Hall–Kier alpha value is -4.40. The molecule has 4 aromatic rings. The highest BCUT2D eigenvalue weighted by atomic mass is 16.6. The second-order valence-corrected chi connectivity index (χ2v) is 6.26. The van der Waals surface area contributed by atoms with Crippen molar-refractivity contribution in [3.8, 4) is 22.3 Å². The second-order valence-electron chi connectivity index (χ2n) is 6.26. The van der Waals surface area contributed by atoms with Crippen LogP contribution in [-0.2, 0) is 0 Å². The van der Waals surface area contributed by atoms with Gasteiger partial charge in [0.05, 0.1) is 0 Å². The van der Waals surface area contributed by atoms with E-state index in [9.17, 15) is 20.2 Å². The molecule has 0 bridgehead atoms. The predicted octanol–water partition coefficient (Wildman–Crippen LogP) is 4.36. The van der Waals surface area contributed by atoms with Crippen molar-refractivity contribution in [1.29, 1.82) is 0 Å². The molecule has 9 heteroatoms. The van der Waals surface area contributed by atoms with Crippen molar-refractivity contribution < 1.29 is 9.85 Å². The molecule has 0 saturated carbocycles. The minimum atomic E-state index is -0.560. The highest BCUT2D eigenvalue weighted by molar-refractivity contribution is 6.09. The number of aromatic nitrogens is 2. The van der Waals surface area contributed by atoms with Gasteiger partial charge in [-0.1, -0.05) is 24.3 Å². The third-order valence-corrected chi connectivity index (χ3v) is 4.54. The molecule has 0 atom stereocenters. The molecule has 29 heavy (non-hydrogen) atoms. The number of nitrogens with zero attached hydrogens (tertiary/aromatic N) is 4. The molecule has 0 amide bonds. The molecule has 0 aliphatic carbocycles. The number of nitro groups is 2. The molecular formula is C20H13N5O4. The van der Waals surface area contributed by atoms with Gasteiger partial charge in [0.1, 0.15) is 12.4 Å². The van der Waals surface area contributed by atoms with Gasteiger partial charge in [0, 0.05) is 34.5 Å². The molecule has 2 N–H and O–H groups in total. The Morgan fingerprint density at radius 2 is 1.31 bits per heavy atom. The van der Waals surface area contributed by atoms with Crippen LogP contribution in [0.15, 0.2) is 67.0 Å². The minimum Gasteiger partial charge on any atom is -0.398 e. The normalized spacial score (nSPS) is 10.8. The van der Waals surface area contributed by atoms with Crippen LogP contribution in [0.1, 0.15) is 0 Å². The van der Waals surface area contributed by atoms with E-state index in [1.165, 1.54) is 24.5 Å². The summed E-state index contributed by atoms with van der Waals surface area (Å²) in [4.78, 5) is 28.4. The Morgan fingerprint density at radius 3 is 1.83 bits per heavy atom. The van der Waals surface area contributed by atoms with E-state index in [1.807, 2.05) is 24.3 Å². The predicted molar refractivity (Wildman–Crippen MR) is 108 cm³/mol. The fourth-order valence-electron chi connectivity index (χ4n) is 3.25. The number of nitrogens with two attached hydrogens (primary N) is 1. The molecule has 0 aliphatic rings. The van der Waals surface area contributed by atoms with Gasteiger partial charge in [0.15, 0.2) is 0 Å². The van der Waals surface area contributed by atoms with Crippen LogP contribution in [0.25, 0.3) is 33.0 Å². The Labute approximate surface area is 163 Å². The quantitative estimate of drug-likeness (QED) is 0.312. The number of fused-ring (bicyclic) bond motifs is 1. The van der Waals surface area contributed by atoms with E-state index < -0.39 is 9.85 Å². The van der Waals surface area contributed by atoms with Crippen molar-refractivity contribution in [3.05, 3.63) is 87.2 Å². The summed E-state index contributed by atoms with van der Waals surface area (Å²) in [6.07, 6.45) is 2.86. The molecule has 0 aliphatic heterocycles.